The van der Waals surface area contributed by atoms with Crippen LogP contribution in [-0.2, 0) is 18.7 Å². The van der Waals surface area contributed by atoms with Gasteiger partial charge in [0.05, 0.1) is 32.0 Å². The van der Waals surface area contributed by atoms with E-state index in [-0.39, 0.29) is 6.61 Å². The molecule has 2 N–H and O–H groups in total. The summed E-state index contributed by atoms with van der Waals surface area (Å²) in [5.41, 5.74) is 2.78. The molecule has 194 valence electrons. The van der Waals surface area contributed by atoms with Crippen LogP contribution in [0.25, 0.3) is 0 Å². The molecule has 1 aliphatic heterocycles. The minimum absolute atomic E-state index is 0.122. The summed E-state index contributed by atoms with van der Waals surface area (Å²) in [5.74, 6) is 1.94. The third kappa shape index (κ3) is 10.8. The van der Waals surface area contributed by atoms with Crippen LogP contribution in [0.15, 0.2) is 72.5 Å². The highest BCUT2D eigenvalue weighted by Crippen LogP contribution is 2.47. The number of allylic oxidation sites excluding steroid dienone is 2. The molecule has 2 aromatic rings. The van der Waals surface area contributed by atoms with E-state index >= 15 is 0 Å². The minimum atomic E-state index is -1.78. The highest BCUT2D eigenvalue weighted by Gasteiger charge is 2.27. The molecule has 0 spiro atoms. The van der Waals surface area contributed by atoms with Crippen molar-refractivity contribution in [2.75, 3.05) is 40.6 Å². The van der Waals surface area contributed by atoms with E-state index in [0.29, 0.717) is 37.1 Å². The Balaban J connectivity index is 0.000000779. The van der Waals surface area contributed by atoms with Crippen LogP contribution in [0, 0.1) is 6.92 Å². The molecule has 8 nitrogen and oxygen atoms in total. The number of methoxy groups -OCH3 is 1. The van der Waals surface area contributed by atoms with Crippen molar-refractivity contribution >= 4 is 8.60 Å². The fourth-order valence-corrected chi connectivity index (χ4v) is 3.90. The van der Waals surface area contributed by atoms with Crippen LogP contribution in [0.1, 0.15) is 31.3 Å². The summed E-state index contributed by atoms with van der Waals surface area (Å²) in [6, 6.07) is 15.3. The summed E-state index contributed by atoms with van der Waals surface area (Å²) in [4.78, 5) is 0. The van der Waals surface area contributed by atoms with Gasteiger partial charge >= 0.3 is 8.60 Å². The molecule has 0 radical (unpaired) electrons. The number of ether oxygens (including phenoxy) is 3. The van der Waals surface area contributed by atoms with Crippen LogP contribution in [0.3, 0.4) is 0 Å². The summed E-state index contributed by atoms with van der Waals surface area (Å²) in [6.07, 6.45) is 1.21. The van der Waals surface area contributed by atoms with E-state index in [1.54, 1.807) is 13.2 Å². The first kappa shape index (κ1) is 30.6. The molecule has 2 aromatic carbocycles. The second-order valence-electron chi connectivity index (χ2n) is 7.16. The number of aliphatic hydroxyl groups excluding tert-OH is 2. The van der Waals surface area contributed by atoms with Crippen molar-refractivity contribution < 1.29 is 38.0 Å². The molecule has 35 heavy (non-hydrogen) atoms. The monoisotopic (exact) mass is 508 g/mol. The van der Waals surface area contributed by atoms with Gasteiger partial charge in [-0.15, -0.1) is 0 Å². The van der Waals surface area contributed by atoms with Crippen LogP contribution in [0.2, 0.25) is 0 Å². The zero-order chi connectivity index (χ0) is 26.1. The summed E-state index contributed by atoms with van der Waals surface area (Å²) in [7, 11) is 0.774. The summed E-state index contributed by atoms with van der Waals surface area (Å²) in [6.45, 7) is 11.4. The van der Waals surface area contributed by atoms with Crippen molar-refractivity contribution in [1.82, 2.24) is 0 Å². The van der Waals surface area contributed by atoms with Gasteiger partial charge in [0.1, 0.15) is 17.3 Å². The molecule has 0 amide bonds. The number of hydrogen-bond donors (Lipinski definition) is 2. The van der Waals surface area contributed by atoms with Gasteiger partial charge in [-0.1, -0.05) is 43.0 Å². The molecule has 1 aliphatic rings. The Morgan fingerprint density at radius 2 is 1.60 bits per heavy atom. The fraction of sp³-hybridized carbons (Fsp3) is 0.385. The number of aliphatic hydroxyl groups is 2. The van der Waals surface area contributed by atoms with E-state index in [1.165, 1.54) is 0 Å². The fourth-order valence-electron chi connectivity index (χ4n) is 2.68. The lowest BCUT2D eigenvalue weighted by molar-refractivity contribution is -0.0450. The second kappa shape index (κ2) is 17.9. The number of para-hydroxylation sites is 2. The highest BCUT2D eigenvalue weighted by atomic mass is 31.2. The Kier molecular flexibility index (Phi) is 15.6. The highest BCUT2D eigenvalue weighted by molar-refractivity contribution is 7.42. The largest absolute Gasteiger partial charge is 0.530 e. The minimum Gasteiger partial charge on any atom is -0.409 e. The average molecular weight is 509 g/mol. The maximum Gasteiger partial charge on any atom is 0.530 e. The SMILES string of the molecule is C=CC(OP(Oc1ccccc1C)Oc1ccccc1C1OCCO1)=C(C)C.CO.COCCO. The Morgan fingerprint density at radius 3 is 2.11 bits per heavy atom. The average Bonchev–Trinajstić information content (AvgIpc) is 3.41. The molecule has 3 rings (SSSR count). The number of benzene rings is 2. The number of aryl methyl sites for hydroxylation is 1. The zero-order valence-corrected chi connectivity index (χ0v) is 22.0. The van der Waals surface area contributed by atoms with Crippen molar-refractivity contribution in [2.45, 2.75) is 27.1 Å². The summed E-state index contributed by atoms with van der Waals surface area (Å²) >= 11 is 0. The Bertz CT molecular complexity index is 890. The second-order valence-corrected chi connectivity index (χ2v) is 8.15. The maximum absolute atomic E-state index is 7.94. The molecule has 1 heterocycles. The van der Waals surface area contributed by atoms with Crippen molar-refractivity contribution in [2.24, 2.45) is 0 Å². The molecule has 1 fully saturated rings. The molecule has 0 aromatic heterocycles. The van der Waals surface area contributed by atoms with E-state index in [1.807, 2.05) is 69.3 Å². The van der Waals surface area contributed by atoms with E-state index in [2.05, 4.69) is 11.3 Å². The smallest absolute Gasteiger partial charge is 0.409 e. The van der Waals surface area contributed by atoms with Crippen molar-refractivity contribution in [3.05, 3.63) is 83.6 Å². The van der Waals surface area contributed by atoms with Gasteiger partial charge in [-0.25, -0.2) is 0 Å². The first-order chi connectivity index (χ1) is 17.0. The lowest BCUT2D eigenvalue weighted by Crippen LogP contribution is -2.05. The van der Waals surface area contributed by atoms with Gasteiger partial charge in [0.15, 0.2) is 6.29 Å². The molecule has 1 unspecified atom stereocenters. The van der Waals surface area contributed by atoms with Crippen molar-refractivity contribution in [1.29, 1.82) is 0 Å². The van der Waals surface area contributed by atoms with Crippen molar-refractivity contribution in [3.8, 4) is 11.5 Å². The van der Waals surface area contributed by atoms with Gasteiger partial charge in [0.2, 0.25) is 0 Å². The molecule has 9 heteroatoms. The van der Waals surface area contributed by atoms with Crippen LogP contribution in [0.5, 0.6) is 11.5 Å². The molecular formula is C26H37O8P. The Morgan fingerprint density at radius 1 is 1.03 bits per heavy atom. The van der Waals surface area contributed by atoms with E-state index < -0.39 is 14.9 Å². The topological polar surface area (TPSA) is 95.8 Å². The van der Waals surface area contributed by atoms with Crippen molar-refractivity contribution in [3.63, 3.8) is 0 Å². The quantitative estimate of drug-likeness (QED) is 0.248. The van der Waals surface area contributed by atoms with Gasteiger partial charge < -0.3 is 38.0 Å². The molecule has 0 bridgehead atoms. The van der Waals surface area contributed by atoms with Crippen LogP contribution in [-0.4, -0.2) is 50.9 Å². The molecular weight excluding hydrogens is 471 g/mol. The van der Waals surface area contributed by atoms with Gasteiger partial charge in [-0.3, -0.25) is 0 Å². The van der Waals surface area contributed by atoms with E-state index in [4.69, 9.17) is 33.3 Å². The third-order valence-electron chi connectivity index (χ3n) is 4.38. The van der Waals surface area contributed by atoms with Gasteiger partial charge in [-0.2, -0.15) is 0 Å². The zero-order valence-electron chi connectivity index (χ0n) is 21.1. The first-order valence-corrected chi connectivity index (χ1v) is 12.2. The van der Waals surface area contributed by atoms with Gasteiger partial charge in [0.25, 0.3) is 0 Å². The molecule has 0 saturated carbocycles. The number of hydrogen-bond acceptors (Lipinski definition) is 8. The molecule has 0 aliphatic carbocycles. The summed E-state index contributed by atoms with van der Waals surface area (Å²) in [5, 5.41) is 14.9. The maximum atomic E-state index is 7.94. The lowest BCUT2D eigenvalue weighted by Gasteiger charge is -2.22. The van der Waals surface area contributed by atoms with Crippen LogP contribution < -0.4 is 9.05 Å². The Labute approximate surface area is 209 Å². The molecule has 1 atom stereocenters. The normalized spacial score (nSPS) is 13.3. The third-order valence-corrected chi connectivity index (χ3v) is 5.42. The van der Waals surface area contributed by atoms with Crippen LogP contribution in [0.4, 0.5) is 0 Å². The summed E-state index contributed by atoms with van der Waals surface area (Å²) < 4.78 is 34.0. The predicted octanol–water partition coefficient (Wildman–Crippen LogP) is 5.46. The lowest BCUT2D eigenvalue weighted by atomic mass is 10.2. The Hall–Kier alpha value is -2.45. The standard InChI is InChI=1S/C22H25O5P.C3H8O2.CH4O/c1-5-19(16(2)3)25-28(26-20-12-8-6-10-17(20)4)27-21-13-9-7-11-18(21)22-23-14-15-24-22;1-5-3-2-4;1-2/h5-13,22H,1,14-15H2,2-4H3;4H,2-3H2,1H3;2H,1H3. The molecule has 1 saturated heterocycles. The van der Waals surface area contributed by atoms with Crippen LogP contribution >= 0.6 is 8.60 Å². The van der Waals surface area contributed by atoms with E-state index in [9.17, 15) is 0 Å². The predicted molar refractivity (Wildman–Crippen MR) is 137 cm³/mol. The van der Waals surface area contributed by atoms with Gasteiger partial charge in [0, 0.05) is 14.2 Å². The van der Waals surface area contributed by atoms with E-state index in [0.717, 1.165) is 23.8 Å². The first-order valence-electron chi connectivity index (χ1n) is 11.1. The van der Waals surface area contributed by atoms with Gasteiger partial charge in [-0.05, 0) is 50.1 Å². The number of rotatable bonds is 10.